The summed E-state index contributed by atoms with van der Waals surface area (Å²) in [7, 11) is -1.31. The fourth-order valence-electron chi connectivity index (χ4n) is 2.37. The van der Waals surface area contributed by atoms with E-state index in [9.17, 15) is 8.42 Å². The van der Waals surface area contributed by atoms with Crippen molar-refractivity contribution in [1.82, 2.24) is 4.90 Å². The van der Waals surface area contributed by atoms with E-state index < -0.39 is 9.84 Å². The summed E-state index contributed by atoms with van der Waals surface area (Å²) in [5, 5.41) is 7.31. The Labute approximate surface area is 126 Å². The maximum Gasteiger partial charge on any atom is 0.179 e. The van der Waals surface area contributed by atoms with Gasteiger partial charge in [0.1, 0.15) is 5.84 Å². The number of rotatable bonds is 7. The highest BCUT2D eigenvalue weighted by Crippen LogP contribution is 2.34. The number of amidine groups is 1. The van der Waals surface area contributed by atoms with Crippen LogP contribution in [0, 0.1) is 11.3 Å². The van der Waals surface area contributed by atoms with Crippen LogP contribution in [-0.4, -0.2) is 44.5 Å². The van der Waals surface area contributed by atoms with E-state index in [1.165, 1.54) is 25.0 Å². The lowest BCUT2D eigenvalue weighted by molar-refractivity contribution is 0.247. The van der Waals surface area contributed by atoms with Crippen LogP contribution in [0.3, 0.4) is 0 Å². The molecule has 1 aromatic rings. The van der Waals surface area contributed by atoms with E-state index in [0.29, 0.717) is 23.0 Å². The lowest BCUT2D eigenvalue weighted by Gasteiger charge is -2.24. The Morgan fingerprint density at radius 1 is 1.38 bits per heavy atom. The van der Waals surface area contributed by atoms with Gasteiger partial charge in [-0.15, -0.1) is 0 Å². The average molecular weight is 309 g/mol. The SMILES string of the molecule is CC(C1CC1)N(C)CCS(=O)(=O)c1ccc(C(=N)N)cc1. The van der Waals surface area contributed by atoms with Crippen LogP contribution in [-0.2, 0) is 9.84 Å². The van der Waals surface area contributed by atoms with E-state index in [1.807, 2.05) is 7.05 Å². The van der Waals surface area contributed by atoms with Gasteiger partial charge in [-0.2, -0.15) is 0 Å². The van der Waals surface area contributed by atoms with Crippen LogP contribution < -0.4 is 5.73 Å². The smallest absolute Gasteiger partial charge is 0.179 e. The summed E-state index contributed by atoms with van der Waals surface area (Å²) in [5.74, 6) is 0.782. The number of hydrogen-bond donors (Lipinski definition) is 2. The summed E-state index contributed by atoms with van der Waals surface area (Å²) in [5.41, 5.74) is 5.90. The van der Waals surface area contributed by atoms with E-state index in [-0.39, 0.29) is 11.6 Å². The Morgan fingerprint density at radius 3 is 2.43 bits per heavy atom. The number of nitrogens with two attached hydrogens (primary N) is 1. The lowest BCUT2D eigenvalue weighted by Crippen LogP contribution is -2.34. The molecular formula is C15H23N3O2S. The van der Waals surface area contributed by atoms with Crippen molar-refractivity contribution in [3.63, 3.8) is 0 Å². The van der Waals surface area contributed by atoms with Gasteiger partial charge in [0.25, 0.3) is 0 Å². The second kappa shape index (κ2) is 6.15. The minimum atomic E-state index is -3.29. The van der Waals surface area contributed by atoms with Gasteiger partial charge in [-0.1, -0.05) is 12.1 Å². The molecule has 21 heavy (non-hydrogen) atoms. The molecule has 0 aliphatic heterocycles. The number of sulfone groups is 1. The molecule has 1 atom stereocenters. The molecule has 116 valence electrons. The van der Waals surface area contributed by atoms with Crippen molar-refractivity contribution in [1.29, 1.82) is 5.41 Å². The zero-order valence-electron chi connectivity index (χ0n) is 12.5. The van der Waals surface area contributed by atoms with Gasteiger partial charge in [0, 0.05) is 18.2 Å². The van der Waals surface area contributed by atoms with E-state index >= 15 is 0 Å². The van der Waals surface area contributed by atoms with Gasteiger partial charge >= 0.3 is 0 Å². The Hall–Kier alpha value is -1.40. The number of nitrogens with one attached hydrogen (secondary N) is 1. The van der Waals surface area contributed by atoms with Crippen LogP contribution in [0.1, 0.15) is 25.3 Å². The van der Waals surface area contributed by atoms with Gasteiger partial charge in [-0.05, 0) is 44.9 Å². The Morgan fingerprint density at radius 2 is 1.95 bits per heavy atom. The molecule has 3 N–H and O–H groups in total. The van der Waals surface area contributed by atoms with Gasteiger partial charge < -0.3 is 10.6 Å². The molecule has 1 aliphatic rings. The molecule has 0 radical (unpaired) electrons. The second-order valence-corrected chi connectivity index (χ2v) is 7.92. The summed E-state index contributed by atoms with van der Waals surface area (Å²) in [6.07, 6.45) is 2.51. The van der Waals surface area contributed by atoms with Gasteiger partial charge in [0.05, 0.1) is 10.6 Å². The van der Waals surface area contributed by atoms with Crippen LogP contribution in [0.5, 0.6) is 0 Å². The van der Waals surface area contributed by atoms with Crippen LogP contribution in [0.25, 0.3) is 0 Å². The van der Waals surface area contributed by atoms with Crippen LogP contribution >= 0.6 is 0 Å². The average Bonchev–Trinajstić information content (AvgIpc) is 3.28. The van der Waals surface area contributed by atoms with Crippen molar-refractivity contribution in [3.8, 4) is 0 Å². The van der Waals surface area contributed by atoms with Crippen molar-refractivity contribution in [3.05, 3.63) is 29.8 Å². The summed E-state index contributed by atoms with van der Waals surface area (Å²) in [6, 6.07) is 6.64. The number of nitrogen functional groups attached to an aromatic ring is 1. The first-order chi connectivity index (χ1) is 9.81. The van der Waals surface area contributed by atoms with Crippen molar-refractivity contribution >= 4 is 15.7 Å². The Bertz CT molecular complexity index is 606. The third kappa shape index (κ3) is 4.04. The predicted octanol–water partition coefficient (Wildman–Crippen LogP) is 1.47. The van der Waals surface area contributed by atoms with Gasteiger partial charge in [-0.3, -0.25) is 5.41 Å². The molecule has 0 saturated heterocycles. The maximum absolute atomic E-state index is 12.3. The fourth-order valence-corrected chi connectivity index (χ4v) is 3.68. The maximum atomic E-state index is 12.3. The van der Waals surface area contributed by atoms with Crippen LogP contribution in [0.15, 0.2) is 29.2 Å². The van der Waals surface area contributed by atoms with Crippen molar-refractivity contribution < 1.29 is 8.42 Å². The summed E-state index contributed by atoms with van der Waals surface area (Å²) in [4.78, 5) is 2.42. The first kappa shape index (κ1) is 16.0. The molecule has 6 heteroatoms. The highest BCUT2D eigenvalue weighted by atomic mass is 32.2. The van der Waals surface area contributed by atoms with Crippen LogP contribution in [0.2, 0.25) is 0 Å². The van der Waals surface area contributed by atoms with Crippen molar-refractivity contribution in [2.45, 2.75) is 30.7 Å². The number of benzene rings is 1. The van der Waals surface area contributed by atoms with Gasteiger partial charge in [-0.25, -0.2) is 8.42 Å². The molecule has 0 heterocycles. The molecule has 0 aromatic heterocycles. The molecule has 0 spiro atoms. The summed E-state index contributed by atoms with van der Waals surface area (Å²) < 4.78 is 24.6. The Kier molecular flexibility index (Phi) is 4.68. The monoisotopic (exact) mass is 309 g/mol. The number of hydrogen-bond acceptors (Lipinski definition) is 4. The highest BCUT2D eigenvalue weighted by Gasteiger charge is 2.30. The normalized spacial score (nSPS) is 16.9. The predicted molar refractivity (Wildman–Crippen MR) is 84.3 cm³/mol. The zero-order chi connectivity index (χ0) is 15.6. The fraction of sp³-hybridized carbons (Fsp3) is 0.533. The van der Waals surface area contributed by atoms with Gasteiger partial charge in [0.15, 0.2) is 9.84 Å². The topological polar surface area (TPSA) is 87.2 Å². The standard InChI is InChI=1S/C15H23N3O2S/c1-11(12-3-4-12)18(2)9-10-21(19,20)14-7-5-13(6-8-14)15(16)17/h5-8,11-12H,3-4,9-10H2,1-2H3,(H3,16,17). The molecule has 1 aliphatic carbocycles. The number of nitrogens with zero attached hydrogens (tertiary/aromatic N) is 1. The largest absolute Gasteiger partial charge is 0.384 e. The van der Waals surface area contributed by atoms with E-state index in [2.05, 4.69) is 11.8 Å². The summed E-state index contributed by atoms with van der Waals surface area (Å²) >= 11 is 0. The molecule has 0 amide bonds. The van der Waals surface area contributed by atoms with Gasteiger partial charge in [0.2, 0.25) is 0 Å². The zero-order valence-corrected chi connectivity index (χ0v) is 13.4. The molecular weight excluding hydrogens is 286 g/mol. The first-order valence-electron chi connectivity index (χ1n) is 7.18. The Balaban J connectivity index is 1.99. The molecule has 1 aromatic carbocycles. The quantitative estimate of drug-likeness (QED) is 0.590. The lowest BCUT2D eigenvalue weighted by atomic mass is 10.2. The van der Waals surface area contributed by atoms with Crippen LogP contribution in [0.4, 0.5) is 0 Å². The molecule has 1 unspecified atom stereocenters. The molecule has 2 rings (SSSR count). The molecule has 1 saturated carbocycles. The van der Waals surface area contributed by atoms with Crippen molar-refractivity contribution in [2.24, 2.45) is 11.7 Å². The molecule has 0 bridgehead atoms. The third-order valence-corrected chi connectivity index (χ3v) is 5.95. The minimum absolute atomic E-state index is 0.0584. The van der Waals surface area contributed by atoms with Crippen molar-refractivity contribution in [2.75, 3.05) is 19.3 Å². The first-order valence-corrected chi connectivity index (χ1v) is 8.84. The third-order valence-electron chi connectivity index (χ3n) is 4.24. The molecule has 1 fully saturated rings. The van der Waals surface area contributed by atoms with E-state index in [0.717, 1.165) is 5.92 Å². The van der Waals surface area contributed by atoms with E-state index in [1.54, 1.807) is 12.1 Å². The van der Waals surface area contributed by atoms with E-state index in [4.69, 9.17) is 11.1 Å². The minimum Gasteiger partial charge on any atom is -0.384 e. The summed E-state index contributed by atoms with van der Waals surface area (Å²) in [6.45, 7) is 2.69. The highest BCUT2D eigenvalue weighted by molar-refractivity contribution is 7.91. The second-order valence-electron chi connectivity index (χ2n) is 5.82. The molecule has 5 nitrogen and oxygen atoms in total.